The monoisotopic (exact) mass is 414 g/mol. The van der Waals surface area contributed by atoms with Crippen LogP contribution >= 0.6 is 0 Å². The fourth-order valence-electron chi connectivity index (χ4n) is 6.01. The van der Waals surface area contributed by atoms with E-state index in [0.717, 1.165) is 45.3 Å². The minimum absolute atomic E-state index is 0.0337. The predicted molar refractivity (Wildman–Crippen MR) is 113 cm³/mol. The van der Waals surface area contributed by atoms with Crippen molar-refractivity contribution in [3.05, 3.63) is 24.3 Å². The van der Waals surface area contributed by atoms with Gasteiger partial charge in [0.15, 0.2) is 0 Å². The van der Waals surface area contributed by atoms with Crippen molar-refractivity contribution < 1.29 is 14.3 Å². The first-order valence-electron chi connectivity index (χ1n) is 11.2. The van der Waals surface area contributed by atoms with E-state index in [0.29, 0.717) is 31.2 Å². The van der Waals surface area contributed by atoms with Crippen molar-refractivity contribution in [2.75, 3.05) is 26.2 Å². The highest BCUT2D eigenvalue weighted by Crippen LogP contribution is 2.52. The Morgan fingerprint density at radius 3 is 2.80 bits per heavy atom. The van der Waals surface area contributed by atoms with E-state index in [-0.39, 0.29) is 28.7 Å². The standard InChI is InChI=1S/C23H34N4O3/c1-22(2)11-17-12-23(3,15-22)16-27(17)20(28)6-9-26(14-18-5-4-10-30-18)21(29)19-13-24-7-8-25-19/h7-8,13,17-18H,4-6,9-12,14-16H2,1-3H3. The highest BCUT2D eigenvalue weighted by atomic mass is 16.5. The van der Waals surface area contributed by atoms with Gasteiger partial charge in [0.1, 0.15) is 5.69 Å². The minimum atomic E-state index is -0.181. The van der Waals surface area contributed by atoms with Gasteiger partial charge < -0.3 is 14.5 Å². The maximum atomic E-state index is 13.2. The number of rotatable bonds is 6. The quantitative estimate of drug-likeness (QED) is 0.715. The van der Waals surface area contributed by atoms with Crippen molar-refractivity contribution in [1.82, 2.24) is 19.8 Å². The second kappa shape index (κ2) is 8.25. The second-order valence-corrected chi connectivity index (χ2v) is 10.5. The number of fused-ring (bicyclic) bond motifs is 2. The largest absolute Gasteiger partial charge is 0.376 e. The van der Waals surface area contributed by atoms with Crippen LogP contribution in [0.1, 0.15) is 69.8 Å². The van der Waals surface area contributed by atoms with Crippen molar-refractivity contribution in [3.8, 4) is 0 Å². The number of ether oxygens (including phenoxy) is 1. The van der Waals surface area contributed by atoms with Gasteiger partial charge >= 0.3 is 0 Å². The molecule has 7 heteroatoms. The Balaban J connectivity index is 1.41. The van der Waals surface area contributed by atoms with Crippen molar-refractivity contribution in [3.63, 3.8) is 0 Å². The number of carbonyl (C=O) groups is 2. The van der Waals surface area contributed by atoms with Gasteiger partial charge in [-0.25, -0.2) is 4.98 Å². The summed E-state index contributed by atoms with van der Waals surface area (Å²) in [6, 6.07) is 0.327. The zero-order valence-electron chi connectivity index (χ0n) is 18.5. The maximum absolute atomic E-state index is 13.2. The number of likely N-dealkylation sites (tertiary alicyclic amines) is 1. The third-order valence-electron chi connectivity index (χ3n) is 6.85. The van der Waals surface area contributed by atoms with Crippen molar-refractivity contribution in [2.24, 2.45) is 10.8 Å². The van der Waals surface area contributed by atoms with E-state index in [9.17, 15) is 9.59 Å². The van der Waals surface area contributed by atoms with Gasteiger partial charge in [0.05, 0.1) is 12.3 Å². The minimum Gasteiger partial charge on any atom is -0.376 e. The molecule has 1 aromatic rings. The molecule has 1 aliphatic carbocycles. The molecule has 3 unspecified atom stereocenters. The number of hydrogen-bond acceptors (Lipinski definition) is 5. The van der Waals surface area contributed by atoms with E-state index < -0.39 is 0 Å². The van der Waals surface area contributed by atoms with Crippen LogP contribution in [0.15, 0.2) is 18.6 Å². The first kappa shape index (κ1) is 21.2. The van der Waals surface area contributed by atoms with Crippen LogP contribution < -0.4 is 0 Å². The fraction of sp³-hybridized carbons (Fsp3) is 0.739. The zero-order chi connectivity index (χ0) is 21.4. The van der Waals surface area contributed by atoms with Gasteiger partial charge in [-0.05, 0) is 42.9 Å². The molecule has 2 aliphatic heterocycles. The van der Waals surface area contributed by atoms with Gasteiger partial charge in [0, 0.05) is 51.1 Å². The molecule has 1 aromatic heterocycles. The molecular weight excluding hydrogens is 380 g/mol. The molecule has 0 radical (unpaired) electrons. The first-order chi connectivity index (χ1) is 14.2. The van der Waals surface area contributed by atoms with Crippen LogP contribution in [0, 0.1) is 10.8 Å². The molecule has 2 bridgehead atoms. The molecule has 30 heavy (non-hydrogen) atoms. The SMILES string of the molecule is CC1(C)CC2CC(C)(CN2C(=O)CCN(CC2CCCO2)C(=O)c2cnccn2)C1. The predicted octanol–water partition coefficient (Wildman–Crippen LogP) is 2.92. The van der Waals surface area contributed by atoms with Gasteiger partial charge in [0.25, 0.3) is 5.91 Å². The zero-order valence-corrected chi connectivity index (χ0v) is 18.5. The molecule has 0 spiro atoms. The second-order valence-electron chi connectivity index (χ2n) is 10.5. The molecular formula is C23H34N4O3. The van der Waals surface area contributed by atoms with Crippen LogP contribution in [-0.2, 0) is 9.53 Å². The average Bonchev–Trinajstić information content (AvgIpc) is 3.29. The summed E-state index contributed by atoms with van der Waals surface area (Å²) in [5.41, 5.74) is 0.810. The fourth-order valence-corrected chi connectivity index (χ4v) is 6.01. The summed E-state index contributed by atoms with van der Waals surface area (Å²) >= 11 is 0. The van der Waals surface area contributed by atoms with Gasteiger partial charge in [-0.15, -0.1) is 0 Å². The number of aromatic nitrogens is 2. The number of nitrogens with zero attached hydrogens (tertiary/aromatic N) is 4. The number of hydrogen-bond donors (Lipinski definition) is 0. The average molecular weight is 415 g/mol. The third-order valence-corrected chi connectivity index (χ3v) is 6.85. The van der Waals surface area contributed by atoms with Crippen molar-refractivity contribution in [1.29, 1.82) is 0 Å². The molecule has 4 rings (SSSR count). The van der Waals surface area contributed by atoms with Crippen LogP contribution in [0.2, 0.25) is 0 Å². The molecule has 3 fully saturated rings. The summed E-state index contributed by atoms with van der Waals surface area (Å²) in [7, 11) is 0. The van der Waals surface area contributed by atoms with Crippen LogP contribution in [-0.4, -0.2) is 70.0 Å². The summed E-state index contributed by atoms with van der Waals surface area (Å²) in [4.78, 5) is 38.2. The summed E-state index contributed by atoms with van der Waals surface area (Å²) in [6.45, 7) is 9.40. The summed E-state index contributed by atoms with van der Waals surface area (Å²) in [5, 5.41) is 0. The Morgan fingerprint density at radius 1 is 1.27 bits per heavy atom. The molecule has 1 saturated carbocycles. The molecule has 3 atom stereocenters. The normalized spacial score (nSPS) is 29.8. The molecule has 0 N–H and O–H groups in total. The summed E-state index contributed by atoms with van der Waals surface area (Å²) < 4.78 is 5.74. The first-order valence-corrected chi connectivity index (χ1v) is 11.2. The van der Waals surface area contributed by atoms with E-state index in [2.05, 4.69) is 35.6 Å². The Labute approximate surface area is 179 Å². The highest BCUT2D eigenvalue weighted by molar-refractivity contribution is 5.92. The number of carbonyl (C=O) groups excluding carboxylic acids is 2. The van der Waals surface area contributed by atoms with Gasteiger partial charge in [0.2, 0.25) is 5.91 Å². The van der Waals surface area contributed by atoms with Crippen LogP contribution in [0.5, 0.6) is 0 Å². The lowest BCUT2D eigenvalue weighted by molar-refractivity contribution is -0.132. The van der Waals surface area contributed by atoms with Gasteiger partial charge in [-0.2, -0.15) is 0 Å². The molecule has 7 nitrogen and oxygen atoms in total. The van der Waals surface area contributed by atoms with Crippen molar-refractivity contribution in [2.45, 2.75) is 71.4 Å². The van der Waals surface area contributed by atoms with E-state index in [1.165, 1.54) is 12.4 Å². The molecule has 2 saturated heterocycles. The van der Waals surface area contributed by atoms with Crippen LogP contribution in [0.3, 0.4) is 0 Å². The van der Waals surface area contributed by atoms with E-state index in [1.807, 2.05) is 0 Å². The molecule has 164 valence electrons. The van der Waals surface area contributed by atoms with E-state index in [4.69, 9.17) is 4.74 Å². The summed E-state index contributed by atoms with van der Waals surface area (Å²) in [5.74, 6) is -0.0228. The topological polar surface area (TPSA) is 75.6 Å². The van der Waals surface area contributed by atoms with E-state index >= 15 is 0 Å². The highest BCUT2D eigenvalue weighted by Gasteiger charge is 2.50. The Hall–Kier alpha value is -2.02. The smallest absolute Gasteiger partial charge is 0.274 e. The van der Waals surface area contributed by atoms with Crippen molar-refractivity contribution >= 4 is 11.8 Å². The Morgan fingerprint density at radius 2 is 2.10 bits per heavy atom. The molecule has 3 heterocycles. The molecule has 0 aromatic carbocycles. The summed E-state index contributed by atoms with van der Waals surface area (Å²) in [6.07, 6.45) is 10.2. The lowest BCUT2D eigenvalue weighted by atomic mass is 9.65. The van der Waals surface area contributed by atoms with Crippen LogP contribution in [0.25, 0.3) is 0 Å². The van der Waals surface area contributed by atoms with Gasteiger partial charge in [-0.3, -0.25) is 14.6 Å². The Kier molecular flexibility index (Phi) is 5.84. The third kappa shape index (κ3) is 4.66. The number of amides is 2. The lowest BCUT2D eigenvalue weighted by Crippen LogP contribution is -2.42. The lowest BCUT2D eigenvalue weighted by Gasteiger charge is -2.39. The Bertz CT molecular complexity index is 778. The van der Waals surface area contributed by atoms with E-state index in [1.54, 1.807) is 11.1 Å². The van der Waals surface area contributed by atoms with Crippen LogP contribution in [0.4, 0.5) is 0 Å². The van der Waals surface area contributed by atoms with Gasteiger partial charge in [-0.1, -0.05) is 20.8 Å². The molecule has 3 aliphatic rings. The maximum Gasteiger partial charge on any atom is 0.274 e. The molecule has 2 amide bonds.